The maximum Gasteiger partial charge on any atom is 1.00 e. The SMILES string of the molecule is CC(C)(C)c1cc([PH+](c2cc(C(C)(C)C)cc(C(C)(C)C)c2[O-])C(C)(C)C)c([O-])c(C(C)(C)C)c1.CC(C)(C)c1cc([PH+](c2cc(C(C)(C)C)cc(C(C)(C)C)c2[O-])C(C)(C)C)c([O-])c(C(C)(C)C)c1.COCCOC.COCCOC.COCCOC.COCCOC.COCCOC.[Na+].[Na+].[Na+].[Na+]. The molecule has 0 aliphatic carbocycles. The van der Waals surface area contributed by atoms with Gasteiger partial charge in [-0.15, -0.1) is 0 Å². The van der Waals surface area contributed by atoms with Crippen molar-refractivity contribution in [2.24, 2.45) is 0 Å². The van der Waals surface area contributed by atoms with Crippen LogP contribution < -0.4 is 160 Å². The van der Waals surface area contributed by atoms with Crippen molar-refractivity contribution in [1.82, 2.24) is 0 Å². The summed E-state index contributed by atoms with van der Waals surface area (Å²) in [7, 11) is 13.1. The minimum Gasteiger partial charge on any atom is -0.870 e. The molecule has 14 nitrogen and oxygen atoms in total. The minimum absolute atomic E-state index is 0. The van der Waals surface area contributed by atoms with Crippen molar-refractivity contribution in [3.05, 3.63) is 93.0 Å². The predicted molar refractivity (Wildman–Crippen MR) is 427 cm³/mol. The topological polar surface area (TPSA) is 185 Å². The van der Waals surface area contributed by atoms with Crippen LogP contribution in [-0.2, 0) is 90.7 Å². The summed E-state index contributed by atoms with van der Waals surface area (Å²) < 4.78 is 46.6. The molecule has 20 heteroatoms. The number of hydrogen-bond acceptors (Lipinski definition) is 14. The number of rotatable bonds is 19. The first-order valence-corrected chi connectivity index (χ1v) is 38.4. The molecule has 0 N–H and O–H groups in total. The van der Waals surface area contributed by atoms with E-state index in [-0.39, 0.29) is 195 Å². The van der Waals surface area contributed by atoms with E-state index in [1.54, 1.807) is 71.1 Å². The third kappa shape index (κ3) is 43.7. The molecule has 4 aromatic carbocycles. The summed E-state index contributed by atoms with van der Waals surface area (Å²) >= 11 is 0. The van der Waals surface area contributed by atoms with E-state index in [2.05, 4.69) is 304 Å². The summed E-state index contributed by atoms with van der Waals surface area (Å²) in [6, 6.07) is 17.0. The quantitative estimate of drug-likeness (QED) is 0.0757. The zero-order valence-electron chi connectivity index (χ0n) is 75.4. The molecule has 0 radical (unpaired) electrons. The second kappa shape index (κ2) is 53.6. The molecule has 0 spiro atoms. The van der Waals surface area contributed by atoms with E-state index >= 15 is 0 Å². The van der Waals surface area contributed by atoms with Crippen molar-refractivity contribution in [3.63, 3.8) is 0 Å². The van der Waals surface area contributed by atoms with Crippen LogP contribution in [-0.4, -0.2) is 147 Å². The second-order valence-electron chi connectivity index (χ2n) is 35.8. The maximum absolute atomic E-state index is 14.2. The van der Waals surface area contributed by atoms with Crippen molar-refractivity contribution in [3.8, 4) is 23.0 Å². The van der Waals surface area contributed by atoms with Crippen LogP contribution in [0.3, 0.4) is 0 Å². The van der Waals surface area contributed by atoms with Gasteiger partial charge in [-0.2, -0.15) is 0 Å². The third-order valence-corrected chi connectivity index (χ3v) is 22.7. The zero-order valence-corrected chi connectivity index (χ0v) is 85.4. The van der Waals surface area contributed by atoms with Crippen LogP contribution >= 0.6 is 15.8 Å². The first-order valence-electron chi connectivity index (χ1n) is 35.4. The Kier molecular flexibility index (Phi) is 60.7. The predicted octanol–water partition coefficient (Wildman–Crippen LogP) is 3.39. The van der Waals surface area contributed by atoms with Gasteiger partial charge in [-0.25, -0.2) is 0 Å². The molecule has 0 saturated heterocycles. The Morgan fingerprint density at radius 3 is 0.404 bits per heavy atom. The van der Waals surface area contributed by atoms with E-state index in [1.807, 2.05) is 0 Å². The molecule has 0 aliphatic heterocycles. The van der Waals surface area contributed by atoms with Gasteiger partial charge in [0.2, 0.25) is 0 Å². The van der Waals surface area contributed by atoms with Gasteiger partial charge in [0, 0.05) is 71.1 Å². The molecule has 0 unspecified atom stereocenters. The summed E-state index contributed by atoms with van der Waals surface area (Å²) in [5, 5.41) is 59.6. The van der Waals surface area contributed by atoms with E-state index in [9.17, 15) is 20.4 Å². The molecular formula is C84H150Na4O14P2+2. The van der Waals surface area contributed by atoms with Gasteiger partial charge in [0.1, 0.15) is 0 Å². The first kappa shape index (κ1) is 118. The fourth-order valence-electron chi connectivity index (χ4n) is 9.96. The molecule has 0 atom stereocenters. The van der Waals surface area contributed by atoms with Crippen molar-refractivity contribution in [2.75, 3.05) is 137 Å². The fraction of sp³-hybridized carbons (Fsp3) is 0.714. The number of ether oxygens (including phenoxy) is 10. The van der Waals surface area contributed by atoms with Gasteiger partial charge in [0.05, 0.1) is 113 Å². The van der Waals surface area contributed by atoms with Crippen LogP contribution in [0, 0.1) is 0 Å². The Balaban J connectivity index is -0.000000252. The summed E-state index contributed by atoms with van der Waals surface area (Å²) in [6.07, 6.45) is 0. The monoisotopic (exact) mass is 1540 g/mol. The number of benzene rings is 4. The van der Waals surface area contributed by atoms with E-state index in [4.69, 9.17) is 0 Å². The van der Waals surface area contributed by atoms with Crippen molar-refractivity contribution >= 4 is 37.1 Å². The Hall–Kier alpha value is 0.540. The Labute approximate surface area is 729 Å². The summed E-state index contributed by atoms with van der Waals surface area (Å²) in [4.78, 5) is 0. The van der Waals surface area contributed by atoms with Crippen LogP contribution in [0.25, 0.3) is 0 Å². The molecule has 104 heavy (non-hydrogen) atoms. The van der Waals surface area contributed by atoms with E-state index in [0.29, 0.717) is 66.1 Å². The van der Waals surface area contributed by atoms with Gasteiger partial charge in [-0.3, -0.25) is 0 Å². The number of hydrogen-bond donors (Lipinski definition) is 0. The van der Waals surface area contributed by atoms with Gasteiger partial charge >= 0.3 is 118 Å². The summed E-state index contributed by atoms with van der Waals surface area (Å²) in [5.41, 5.74) is 6.56. The molecular weight excluding hydrogens is 1390 g/mol. The number of methoxy groups -OCH3 is 10. The Morgan fingerprint density at radius 1 is 0.212 bits per heavy atom. The largest absolute Gasteiger partial charge is 1.00 e. The molecule has 0 amide bonds. The van der Waals surface area contributed by atoms with Gasteiger partial charge in [0.25, 0.3) is 0 Å². The van der Waals surface area contributed by atoms with Gasteiger partial charge in [-0.05, 0) is 154 Å². The van der Waals surface area contributed by atoms with Crippen molar-refractivity contribution in [2.45, 2.75) is 261 Å². The van der Waals surface area contributed by atoms with Crippen LogP contribution in [0.2, 0.25) is 0 Å². The zero-order chi connectivity index (χ0) is 79.2. The molecule has 582 valence electrons. The molecule has 0 aromatic heterocycles. The second-order valence-corrected chi connectivity index (χ2v) is 42.4. The van der Waals surface area contributed by atoms with Gasteiger partial charge < -0.3 is 67.8 Å². The maximum atomic E-state index is 14.2. The van der Waals surface area contributed by atoms with Crippen molar-refractivity contribution < 1.29 is 186 Å². The van der Waals surface area contributed by atoms with Crippen molar-refractivity contribution in [1.29, 1.82) is 0 Å². The average Bonchev–Trinajstić information content (AvgIpc) is 0.753. The van der Waals surface area contributed by atoms with Crippen LogP contribution in [0.4, 0.5) is 0 Å². The molecule has 0 heterocycles. The Morgan fingerprint density at radius 2 is 0.327 bits per heavy atom. The van der Waals surface area contributed by atoms with Gasteiger partial charge in [0.15, 0.2) is 0 Å². The summed E-state index contributed by atoms with van der Waals surface area (Å²) in [5.74, 6) is 0.471. The third-order valence-electron chi connectivity index (χ3n) is 16.1. The average molecular weight is 1540 g/mol. The fourth-order valence-corrected chi connectivity index (χ4v) is 16.4. The van der Waals surface area contributed by atoms with Crippen LogP contribution in [0.1, 0.15) is 252 Å². The van der Waals surface area contributed by atoms with Crippen LogP contribution in [0.5, 0.6) is 23.0 Å². The molecule has 4 aromatic rings. The van der Waals surface area contributed by atoms with E-state index in [1.165, 1.54) is 22.3 Å². The molecule has 0 aliphatic rings. The van der Waals surface area contributed by atoms with E-state index in [0.717, 1.165) is 43.5 Å². The molecule has 0 saturated carbocycles. The van der Waals surface area contributed by atoms with Gasteiger partial charge in [-0.1, -0.05) is 213 Å². The minimum atomic E-state index is -1.73. The van der Waals surface area contributed by atoms with Crippen LogP contribution in [0.15, 0.2) is 48.5 Å². The smallest absolute Gasteiger partial charge is 0.870 e. The Bertz CT molecular complexity index is 2520. The first-order chi connectivity index (χ1) is 45.3. The molecule has 0 fully saturated rings. The van der Waals surface area contributed by atoms with E-state index < -0.39 is 15.8 Å². The summed E-state index contributed by atoms with van der Waals surface area (Å²) in [6.45, 7) is 71.8. The molecule has 4 rings (SSSR count). The normalized spacial score (nSPS) is 12.1. The standard InChI is InChI=1S/2C32H51O2P.5C4H10O2.4Na/c2*1-28(2,3)20-16-22(30(7,8)9)26(33)24(18-20)35(32(13,14)15)25-19-21(29(4,5)6)17-23(27(25)34)31(10,11)12;5*1-5-3-4-6-2;;;;/h2*16-19,33-34H,1-15H3;5*3-4H2,1-2H3;;;;/q;;;;;;;4*+1/p-2. The molecule has 0 bridgehead atoms.